The number of para-hydroxylation sites is 1. The Morgan fingerprint density at radius 3 is 2.38 bits per heavy atom. The molecule has 0 aliphatic carbocycles. The first-order valence-electron chi connectivity index (χ1n) is 11.0. The van der Waals surface area contributed by atoms with Crippen molar-refractivity contribution in [2.45, 2.75) is 25.5 Å². The third kappa shape index (κ3) is 3.15. The van der Waals surface area contributed by atoms with Crippen molar-refractivity contribution in [1.82, 2.24) is 13.7 Å². The molecule has 2 aromatic heterocycles. The number of hydrogen-bond acceptors (Lipinski definition) is 4. The zero-order chi connectivity index (χ0) is 24.4. The maximum Gasteiger partial charge on any atom is 0.331 e. The smallest absolute Gasteiger partial charge is 0.331 e. The van der Waals surface area contributed by atoms with Gasteiger partial charge in [0.25, 0.3) is 5.56 Å². The minimum Gasteiger partial charge on any atom is -0.496 e. The Bertz CT molecular complexity index is 1540. The summed E-state index contributed by atoms with van der Waals surface area (Å²) in [5, 5.41) is 1.08. The van der Waals surface area contributed by atoms with Crippen LogP contribution in [0.3, 0.4) is 0 Å². The molecule has 0 saturated heterocycles. The number of rotatable bonds is 3. The van der Waals surface area contributed by atoms with E-state index in [1.54, 1.807) is 26.3 Å². The molecule has 1 aliphatic heterocycles. The number of methoxy groups -OCH3 is 1. The van der Waals surface area contributed by atoms with Gasteiger partial charge in [-0.15, -0.1) is 0 Å². The van der Waals surface area contributed by atoms with Crippen molar-refractivity contribution >= 4 is 22.5 Å². The van der Waals surface area contributed by atoms with E-state index in [4.69, 9.17) is 21.1 Å². The summed E-state index contributed by atoms with van der Waals surface area (Å²) >= 11 is 6.18. The second-order valence-electron chi connectivity index (χ2n) is 9.25. The number of hydrogen-bond donors (Lipinski definition) is 0. The average molecular weight is 480 g/mol. The van der Waals surface area contributed by atoms with Gasteiger partial charge < -0.3 is 14.0 Å². The van der Waals surface area contributed by atoms with E-state index in [1.165, 1.54) is 11.6 Å². The van der Waals surface area contributed by atoms with Crippen LogP contribution < -0.4 is 16.0 Å². The van der Waals surface area contributed by atoms with Gasteiger partial charge in [0, 0.05) is 24.7 Å². The van der Waals surface area contributed by atoms with E-state index in [1.807, 2.05) is 36.4 Å². The molecule has 2 aromatic carbocycles. The number of aryl methyl sites for hydroxylation is 1. The van der Waals surface area contributed by atoms with Crippen molar-refractivity contribution in [2.24, 2.45) is 14.1 Å². The molecule has 1 aliphatic rings. The van der Waals surface area contributed by atoms with Gasteiger partial charge in [-0.05, 0) is 37.6 Å². The molecule has 0 unspecified atom stereocenters. The van der Waals surface area contributed by atoms with Crippen LogP contribution in [0.1, 0.15) is 31.2 Å². The Morgan fingerprint density at radius 1 is 1.03 bits per heavy atom. The highest BCUT2D eigenvalue weighted by Gasteiger charge is 2.41. The van der Waals surface area contributed by atoms with E-state index in [9.17, 15) is 9.59 Å². The van der Waals surface area contributed by atoms with E-state index in [0.717, 1.165) is 27.1 Å². The summed E-state index contributed by atoms with van der Waals surface area (Å²) in [5.74, 6) is 0.676. The van der Waals surface area contributed by atoms with E-state index in [2.05, 4.69) is 18.4 Å². The number of fused-ring (bicyclic) bond motifs is 3. The quantitative estimate of drug-likeness (QED) is 0.441. The summed E-state index contributed by atoms with van der Waals surface area (Å²) in [7, 11) is 4.82. The zero-order valence-electron chi connectivity index (χ0n) is 19.8. The molecule has 0 saturated carbocycles. The number of ether oxygens (including phenoxy) is 2. The minimum absolute atomic E-state index is 0.348. The molecule has 1 atom stereocenters. The topological polar surface area (TPSA) is 67.4 Å². The lowest BCUT2D eigenvalue weighted by Crippen LogP contribution is -2.40. The Hall–Kier alpha value is -3.29. The van der Waals surface area contributed by atoms with Crippen LogP contribution in [0, 0.1) is 0 Å². The van der Waals surface area contributed by atoms with E-state index < -0.39 is 17.3 Å². The van der Waals surface area contributed by atoms with Crippen LogP contribution in [0.15, 0.2) is 58.1 Å². The van der Waals surface area contributed by atoms with E-state index >= 15 is 0 Å². The largest absolute Gasteiger partial charge is 0.496 e. The van der Waals surface area contributed by atoms with Crippen LogP contribution in [-0.2, 0) is 24.4 Å². The summed E-state index contributed by atoms with van der Waals surface area (Å²) in [6.45, 7) is 4.53. The fourth-order valence-electron chi connectivity index (χ4n) is 5.00. The van der Waals surface area contributed by atoms with Gasteiger partial charge in [-0.2, -0.15) is 0 Å². The first kappa shape index (κ1) is 22.5. The first-order chi connectivity index (χ1) is 16.2. The molecule has 4 aromatic rings. The number of nitrogens with zero attached hydrogens (tertiary/aromatic N) is 3. The van der Waals surface area contributed by atoms with Gasteiger partial charge in [0.2, 0.25) is 0 Å². The van der Waals surface area contributed by atoms with Crippen LogP contribution in [0.5, 0.6) is 5.75 Å². The van der Waals surface area contributed by atoms with Gasteiger partial charge in [0.1, 0.15) is 11.9 Å². The third-order valence-corrected chi connectivity index (χ3v) is 6.86. The molecule has 0 bridgehead atoms. The molecule has 5 rings (SSSR count). The standard InChI is InChI=1S/C26H26ClN3O4/c1-26(2)14-34-23(17-8-6-7-9-18(17)33-5)22-21-19(24(31)29(4)25(32)28(21)3)20(30(22)26)15-10-12-16(27)13-11-15/h6-13,23H,14H2,1-5H3/t23-/m0/s1. The number of benzene rings is 2. The van der Waals surface area contributed by atoms with Gasteiger partial charge in [0.05, 0.1) is 41.5 Å². The second-order valence-corrected chi connectivity index (χ2v) is 9.69. The predicted molar refractivity (Wildman–Crippen MR) is 133 cm³/mol. The van der Waals surface area contributed by atoms with Gasteiger partial charge in [-0.25, -0.2) is 4.79 Å². The van der Waals surface area contributed by atoms with Crippen molar-refractivity contribution in [3.8, 4) is 17.0 Å². The average Bonchev–Trinajstić information content (AvgIpc) is 3.20. The lowest BCUT2D eigenvalue weighted by molar-refractivity contribution is -0.00799. The van der Waals surface area contributed by atoms with Crippen LogP contribution >= 0.6 is 11.6 Å². The van der Waals surface area contributed by atoms with Gasteiger partial charge >= 0.3 is 5.69 Å². The molecule has 0 spiro atoms. The molecule has 0 amide bonds. The fraction of sp³-hybridized carbons (Fsp3) is 0.308. The van der Waals surface area contributed by atoms with Crippen molar-refractivity contribution in [3.63, 3.8) is 0 Å². The molecule has 0 radical (unpaired) electrons. The monoisotopic (exact) mass is 479 g/mol. The summed E-state index contributed by atoms with van der Waals surface area (Å²) in [6.07, 6.45) is -0.537. The summed E-state index contributed by atoms with van der Waals surface area (Å²) in [4.78, 5) is 26.6. The zero-order valence-corrected chi connectivity index (χ0v) is 20.5. The highest BCUT2D eigenvalue weighted by molar-refractivity contribution is 6.30. The van der Waals surface area contributed by atoms with E-state index in [-0.39, 0.29) is 5.56 Å². The lowest BCUT2D eigenvalue weighted by atomic mass is 9.97. The molecule has 176 valence electrons. The number of aromatic nitrogens is 3. The predicted octanol–water partition coefficient (Wildman–Crippen LogP) is 4.22. The second kappa shape index (κ2) is 7.89. The summed E-state index contributed by atoms with van der Waals surface area (Å²) in [5.41, 5.74) is 2.48. The molecule has 0 N–H and O–H groups in total. The van der Waals surface area contributed by atoms with Crippen LogP contribution in [-0.4, -0.2) is 27.4 Å². The summed E-state index contributed by atoms with van der Waals surface area (Å²) < 4.78 is 16.9. The van der Waals surface area contributed by atoms with Gasteiger partial charge in [0.15, 0.2) is 0 Å². The normalized spacial score (nSPS) is 17.1. The third-order valence-electron chi connectivity index (χ3n) is 6.60. The van der Waals surface area contributed by atoms with Crippen LogP contribution in [0.4, 0.5) is 0 Å². The Kier molecular flexibility index (Phi) is 5.22. The molecule has 3 heterocycles. The molecule has 7 nitrogen and oxygen atoms in total. The Balaban J connectivity index is 2.01. The fourth-order valence-corrected chi connectivity index (χ4v) is 5.12. The van der Waals surface area contributed by atoms with Crippen LogP contribution in [0.25, 0.3) is 22.2 Å². The molecule has 34 heavy (non-hydrogen) atoms. The Labute approximate surface area is 201 Å². The highest BCUT2D eigenvalue weighted by atomic mass is 35.5. The Morgan fingerprint density at radius 2 is 1.71 bits per heavy atom. The maximum absolute atomic E-state index is 13.6. The molecular weight excluding hydrogens is 454 g/mol. The van der Waals surface area contributed by atoms with E-state index in [0.29, 0.717) is 28.3 Å². The highest BCUT2D eigenvalue weighted by Crippen LogP contribution is 2.47. The van der Waals surface area contributed by atoms with Crippen molar-refractivity contribution in [3.05, 3.63) is 85.6 Å². The number of halogens is 1. The minimum atomic E-state index is -0.537. The molecule has 8 heteroatoms. The molecular formula is C26H26ClN3O4. The van der Waals surface area contributed by atoms with Gasteiger partial charge in [-0.3, -0.25) is 13.9 Å². The van der Waals surface area contributed by atoms with Crippen LogP contribution in [0.2, 0.25) is 5.02 Å². The first-order valence-corrected chi connectivity index (χ1v) is 11.4. The van der Waals surface area contributed by atoms with Crippen molar-refractivity contribution in [2.75, 3.05) is 13.7 Å². The lowest BCUT2D eigenvalue weighted by Gasteiger charge is -2.39. The SMILES string of the molecule is COc1ccccc1[C@@H]1OCC(C)(C)n2c(-c3ccc(Cl)cc3)c3c(=O)n(C)c(=O)n(C)c3c21. The van der Waals surface area contributed by atoms with Gasteiger partial charge in [-0.1, -0.05) is 41.9 Å². The molecule has 0 fully saturated rings. The van der Waals surface area contributed by atoms with Crippen molar-refractivity contribution in [1.29, 1.82) is 0 Å². The summed E-state index contributed by atoms with van der Waals surface area (Å²) in [6, 6.07) is 15.1. The van der Waals surface area contributed by atoms with Crippen molar-refractivity contribution < 1.29 is 9.47 Å². The maximum atomic E-state index is 13.6.